The lowest BCUT2D eigenvalue weighted by Crippen LogP contribution is -2.23. The summed E-state index contributed by atoms with van der Waals surface area (Å²) in [6, 6.07) is 8.09. The highest BCUT2D eigenvalue weighted by Crippen LogP contribution is 2.23. The van der Waals surface area contributed by atoms with E-state index in [9.17, 15) is 4.79 Å². The number of cyclic esters (lactones) is 1. The van der Waals surface area contributed by atoms with Crippen molar-refractivity contribution in [3.8, 4) is 0 Å². The van der Waals surface area contributed by atoms with Crippen LogP contribution in [-0.4, -0.2) is 18.7 Å². The van der Waals surface area contributed by atoms with Gasteiger partial charge in [0.2, 0.25) is 0 Å². The summed E-state index contributed by atoms with van der Waals surface area (Å²) >= 11 is 0. The highest BCUT2D eigenvalue weighted by Gasteiger charge is 2.29. The molecule has 1 aliphatic heterocycles. The largest absolute Gasteiger partial charge is 0.444 e. The first-order valence-corrected chi connectivity index (χ1v) is 5.66. The van der Waals surface area contributed by atoms with Crippen molar-refractivity contribution in [2.24, 2.45) is 0 Å². The van der Waals surface area contributed by atoms with E-state index in [1.165, 1.54) is 5.56 Å². The molecule has 1 aromatic carbocycles. The van der Waals surface area contributed by atoms with Crippen LogP contribution in [0.1, 0.15) is 32.3 Å². The van der Waals surface area contributed by atoms with Gasteiger partial charge in [-0.1, -0.05) is 26.0 Å². The molecule has 16 heavy (non-hydrogen) atoms. The number of hydrogen-bond donors (Lipinski definition) is 0. The minimum Gasteiger partial charge on any atom is -0.444 e. The standard InChI is InChI=1S/C13H17NO2/c1-9(2)11-4-6-12(7-5-11)14-8-10(3)16-13(14)15/h4-7,9-10H,8H2,1-3H3. The summed E-state index contributed by atoms with van der Waals surface area (Å²) < 4.78 is 5.09. The van der Waals surface area contributed by atoms with Gasteiger partial charge in [0.15, 0.2) is 0 Å². The molecule has 1 unspecified atom stereocenters. The summed E-state index contributed by atoms with van der Waals surface area (Å²) in [7, 11) is 0. The minimum absolute atomic E-state index is 0.0164. The van der Waals surface area contributed by atoms with Crippen LogP contribution in [0.15, 0.2) is 24.3 Å². The second-order valence-electron chi connectivity index (χ2n) is 4.55. The number of carbonyl (C=O) groups excluding carboxylic acids is 1. The average molecular weight is 219 g/mol. The van der Waals surface area contributed by atoms with Crippen molar-refractivity contribution < 1.29 is 9.53 Å². The molecule has 1 atom stereocenters. The van der Waals surface area contributed by atoms with E-state index in [1.807, 2.05) is 19.1 Å². The number of benzene rings is 1. The van der Waals surface area contributed by atoms with Gasteiger partial charge >= 0.3 is 6.09 Å². The molecular formula is C13H17NO2. The Kier molecular flexibility index (Phi) is 2.86. The summed E-state index contributed by atoms with van der Waals surface area (Å²) in [6.45, 7) is 6.85. The quantitative estimate of drug-likeness (QED) is 0.764. The third-order valence-electron chi connectivity index (χ3n) is 2.83. The zero-order valence-electron chi connectivity index (χ0n) is 9.93. The first-order chi connectivity index (χ1) is 7.58. The SMILES string of the molecule is CC1CN(c2ccc(C(C)C)cc2)C(=O)O1. The minimum atomic E-state index is -0.246. The summed E-state index contributed by atoms with van der Waals surface area (Å²) in [5.74, 6) is 0.513. The molecule has 0 spiro atoms. The van der Waals surface area contributed by atoms with Gasteiger partial charge in [0.1, 0.15) is 6.10 Å². The Morgan fingerprint density at radius 2 is 1.94 bits per heavy atom. The second kappa shape index (κ2) is 4.16. The summed E-state index contributed by atoms with van der Waals surface area (Å²) in [6.07, 6.45) is -0.262. The Labute approximate surface area is 96.0 Å². The number of ether oxygens (including phenoxy) is 1. The average Bonchev–Trinajstić information content (AvgIpc) is 2.58. The van der Waals surface area contributed by atoms with Crippen LogP contribution < -0.4 is 4.90 Å². The lowest BCUT2D eigenvalue weighted by molar-refractivity contribution is 0.150. The van der Waals surface area contributed by atoms with Gasteiger partial charge < -0.3 is 4.74 Å². The third-order valence-corrected chi connectivity index (χ3v) is 2.83. The molecule has 0 aliphatic carbocycles. The molecule has 1 saturated heterocycles. The van der Waals surface area contributed by atoms with Crippen molar-refractivity contribution in [1.29, 1.82) is 0 Å². The molecule has 3 heteroatoms. The Bertz CT molecular complexity index is 383. The summed E-state index contributed by atoms with van der Waals surface area (Å²) in [5, 5.41) is 0. The van der Waals surface area contributed by atoms with Crippen LogP contribution in [0.3, 0.4) is 0 Å². The van der Waals surface area contributed by atoms with E-state index in [0.717, 1.165) is 5.69 Å². The first kappa shape index (κ1) is 11.0. The van der Waals surface area contributed by atoms with Crippen molar-refractivity contribution in [2.75, 3.05) is 11.4 Å². The highest BCUT2D eigenvalue weighted by atomic mass is 16.6. The Morgan fingerprint density at radius 3 is 2.38 bits per heavy atom. The molecular weight excluding hydrogens is 202 g/mol. The monoisotopic (exact) mass is 219 g/mol. The first-order valence-electron chi connectivity index (χ1n) is 5.66. The highest BCUT2D eigenvalue weighted by molar-refractivity contribution is 5.89. The molecule has 0 bridgehead atoms. The molecule has 2 rings (SSSR count). The molecule has 1 fully saturated rings. The van der Waals surface area contributed by atoms with Crippen molar-refractivity contribution in [3.63, 3.8) is 0 Å². The Balaban J connectivity index is 2.19. The van der Waals surface area contributed by atoms with Gasteiger partial charge in [-0.2, -0.15) is 0 Å². The molecule has 0 radical (unpaired) electrons. The number of nitrogens with zero attached hydrogens (tertiary/aromatic N) is 1. The molecule has 86 valence electrons. The van der Waals surface area contributed by atoms with Crippen molar-refractivity contribution in [3.05, 3.63) is 29.8 Å². The van der Waals surface area contributed by atoms with Gasteiger partial charge in [-0.15, -0.1) is 0 Å². The van der Waals surface area contributed by atoms with Crippen LogP contribution in [-0.2, 0) is 4.74 Å². The lowest BCUT2D eigenvalue weighted by Gasteiger charge is -2.14. The summed E-state index contributed by atoms with van der Waals surface area (Å²) in [5.41, 5.74) is 2.20. The maximum absolute atomic E-state index is 11.5. The maximum Gasteiger partial charge on any atom is 0.414 e. The number of anilines is 1. The van der Waals surface area contributed by atoms with Gasteiger partial charge in [-0.05, 0) is 30.5 Å². The third kappa shape index (κ3) is 2.03. The predicted molar refractivity (Wildman–Crippen MR) is 63.8 cm³/mol. The second-order valence-corrected chi connectivity index (χ2v) is 4.55. The zero-order valence-corrected chi connectivity index (χ0v) is 9.93. The van der Waals surface area contributed by atoms with E-state index in [0.29, 0.717) is 12.5 Å². The molecule has 0 aromatic heterocycles. The van der Waals surface area contributed by atoms with Crippen LogP contribution in [0.5, 0.6) is 0 Å². The molecule has 1 aromatic rings. The Morgan fingerprint density at radius 1 is 1.31 bits per heavy atom. The van der Waals surface area contributed by atoms with Crippen molar-refractivity contribution in [1.82, 2.24) is 0 Å². The Hall–Kier alpha value is -1.51. The van der Waals surface area contributed by atoms with E-state index in [4.69, 9.17) is 4.74 Å². The van der Waals surface area contributed by atoms with Crippen molar-refractivity contribution >= 4 is 11.8 Å². The van der Waals surface area contributed by atoms with E-state index >= 15 is 0 Å². The van der Waals surface area contributed by atoms with E-state index in [1.54, 1.807) is 4.90 Å². The topological polar surface area (TPSA) is 29.5 Å². The van der Waals surface area contributed by atoms with Crippen LogP contribution >= 0.6 is 0 Å². The maximum atomic E-state index is 11.5. The van der Waals surface area contributed by atoms with Gasteiger partial charge in [0.25, 0.3) is 0 Å². The van der Waals surface area contributed by atoms with Crippen LogP contribution in [0.4, 0.5) is 10.5 Å². The van der Waals surface area contributed by atoms with Crippen LogP contribution in [0.2, 0.25) is 0 Å². The number of hydrogen-bond acceptors (Lipinski definition) is 2. The van der Waals surface area contributed by atoms with Crippen LogP contribution in [0.25, 0.3) is 0 Å². The number of carbonyl (C=O) groups is 1. The molecule has 0 N–H and O–H groups in total. The molecule has 1 amide bonds. The predicted octanol–water partition coefficient (Wildman–Crippen LogP) is 3.16. The fourth-order valence-electron chi connectivity index (χ4n) is 1.85. The summed E-state index contributed by atoms with van der Waals surface area (Å²) in [4.78, 5) is 13.2. The van der Waals surface area contributed by atoms with Crippen molar-refractivity contribution in [2.45, 2.75) is 32.8 Å². The van der Waals surface area contributed by atoms with Gasteiger partial charge in [0, 0.05) is 5.69 Å². The smallest absolute Gasteiger partial charge is 0.414 e. The van der Waals surface area contributed by atoms with Gasteiger partial charge in [0.05, 0.1) is 6.54 Å². The van der Waals surface area contributed by atoms with E-state index in [2.05, 4.69) is 26.0 Å². The zero-order chi connectivity index (χ0) is 11.7. The van der Waals surface area contributed by atoms with E-state index in [-0.39, 0.29) is 12.2 Å². The van der Waals surface area contributed by atoms with E-state index < -0.39 is 0 Å². The van der Waals surface area contributed by atoms with Gasteiger partial charge in [-0.25, -0.2) is 4.79 Å². The molecule has 3 nitrogen and oxygen atoms in total. The fourth-order valence-corrected chi connectivity index (χ4v) is 1.85. The van der Waals surface area contributed by atoms with Gasteiger partial charge in [-0.3, -0.25) is 4.90 Å². The normalized spacial score (nSPS) is 20.4. The van der Waals surface area contributed by atoms with Crippen LogP contribution in [0, 0.1) is 0 Å². The number of amides is 1. The molecule has 1 heterocycles. The fraction of sp³-hybridized carbons (Fsp3) is 0.462. The lowest BCUT2D eigenvalue weighted by atomic mass is 10.0. The number of rotatable bonds is 2. The molecule has 0 saturated carbocycles. The molecule has 1 aliphatic rings.